The van der Waals surface area contributed by atoms with Crippen LogP contribution in [-0.2, 0) is 0 Å². The van der Waals surface area contributed by atoms with E-state index >= 15 is 0 Å². The van der Waals surface area contributed by atoms with Gasteiger partial charge in [0, 0.05) is 23.9 Å². The highest BCUT2D eigenvalue weighted by atomic mass is 32.2. The molecule has 0 fully saturated rings. The predicted molar refractivity (Wildman–Crippen MR) is 67.9 cm³/mol. The molecule has 0 saturated heterocycles. The van der Waals surface area contributed by atoms with Crippen LogP contribution in [0.3, 0.4) is 0 Å². The maximum absolute atomic E-state index is 12.2. The van der Waals surface area contributed by atoms with Gasteiger partial charge < -0.3 is 10.1 Å². The fourth-order valence-electron chi connectivity index (χ4n) is 1.53. The van der Waals surface area contributed by atoms with Crippen molar-refractivity contribution in [2.45, 2.75) is 19.6 Å². The molecule has 0 heterocycles. The number of hydrogen-bond donors (Lipinski definition) is 1. The molecule has 1 rings (SSSR count). The van der Waals surface area contributed by atoms with Crippen molar-refractivity contribution in [2.24, 2.45) is 0 Å². The Morgan fingerprint density at radius 1 is 1.35 bits per heavy atom. The van der Waals surface area contributed by atoms with E-state index in [1.165, 1.54) is 0 Å². The van der Waals surface area contributed by atoms with Crippen LogP contribution in [0.2, 0.25) is 0 Å². The van der Waals surface area contributed by atoms with E-state index in [9.17, 15) is 8.78 Å². The van der Waals surface area contributed by atoms with Gasteiger partial charge in [0.25, 0.3) is 0 Å². The number of thioether (sulfide) groups is 1. The fourth-order valence-corrected chi connectivity index (χ4v) is 1.85. The van der Waals surface area contributed by atoms with Crippen LogP contribution in [0.5, 0.6) is 5.75 Å². The van der Waals surface area contributed by atoms with E-state index in [1.54, 1.807) is 30.0 Å². The van der Waals surface area contributed by atoms with E-state index in [0.29, 0.717) is 0 Å². The second-order valence-corrected chi connectivity index (χ2v) is 4.57. The van der Waals surface area contributed by atoms with Crippen LogP contribution in [-0.4, -0.2) is 25.2 Å². The van der Waals surface area contributed by atoms with Crippen LogP contribution in [0.15, 0.2) is 24.3 Å². The summed E-state index contributed by atoms with van der Waals surface area (Å²) in [6, 6.07) is 6.87. The summed E-state index contributed by atoms with van der Waals surface area (Å²) in [6.45, 7) is -0.00571. The van der Waals surface area contributed by atoms with Gasteiger partial charge in [0.15, 0.2) is 0 Å². The number of nitrogens with one attached hydrogen (secondary N) is 1. The first-order chi connectivity index (χ1) is 8.15. The van der Waals surface area contributed by atoms with Gasteiger partial charge in [0.2, 0.25) is 0 Å². The first-order valence-corrected chi connectivity index (χ1v) is 6.80. The van der Waals surface area contributed by atoms with Crippen molar-refractivity contribution in [2.75, 3.05) is 18.6 Å². The first kappa shape index (κ1) is 14.3. The third-order valence-corrected chi connectivity index (χ3v) is 2.97. The van der Waals surface area contributed by atoms with Gasteiger partial charge in [-0.15, -0.1) is 0 Å². The first-order valence-electron chi connectivity index (χ1n) is 5.41. The second-order valence-electron chi connectivity index (χ2n) is 3.58. The fraction of sp³-hybridized carbons (Fsp3) is 0.500. The lowest BCUT2D eigenvalue weighted by Crippen LogP contribution is -2.22. The molecule has 0 aliphatic rings. The number of benzene rings is 1. The van der Waals surface area contributed by atoms with Gasteiger partial charge in [-0.2, -0.15) is 20.5 Å². The molecule has 0 amide bonds. The highest BCUT2D eigenvalue weighted by Crippen LogP contribution is 2.26. The topological polar surface area (TPSA) is 21.3 Å². The van der Waals surface area contributed by atoms with Gasteiger partial charge in [-0.25, -0.2) is 0 Å². The number of ether oxygens (including phenoxy) is 1. The number of hydrogen-bond acceptors (Lipinski definition) is 3. The third-order valence-electron chi connectivity index (χ3n) is 2.36. The lowest BCUT2D eigenvalue weighted by atomic mass is 10.1. The van der Waals surface area contributed by atoms with Crippen molar-refractivity contribution < 1.29 is 13.5 Å². The summed E-state index contributed by atoms with van der Waals surface area (Å²) >= 11 is 1.74. The average molecular weight is 261 g/mol. The van der Waals surface area contributed by atoms with Crippen molar-refractivity contribution in [1.29, 1.82) is 0 Å². The molecule has 17 heavy (non-hydrogen) atoms. The van der Waals surface area contributed by atoms with Gasteiger partial charge in [-0.05, 0) is 19.2 Å². The summed E-state index contributed by atoms with van der Waals surface area (Å²) in [5, 5.41) is 3.27. The molecule has 1 N–H and O–H groups in total. The summed E-state index contributed by atoms with van der Waals surface area (Å²) < 4.78 is 28.9. The molecule has 1 unspecified atom stereocenters. The van der Waals surface area contributed by atoms with Crippen LogP contribution in [0.4, 0.5) is 8.78 Å². The van der Waals surface area contributed by atoms with E-state index in [-0.39, 0.29) is 11.8 Å². The van der Waals surface area contributed by atoms with Crippen LogP contribution in [0, 0.1) is 0 Å². The zero-order valence-corrected chi connectivity index (χ0v) is 10.8. The molecule has 0 spiro atoms. The van der Waals surface area contributed by atoms with Crippen molar-refractivity contribution in [3.8, 4) is 5.75 Å². The van der Waals surface area contributed by atoms with Crippen LogP contribution >= 0.6 is 11.8 Å². The summed E-state index contributed by atoms with van der Waals surface area (Å²) in [5.74, 6) is 1.23. The minimum absolute atomic E-state index is 0.00269. The Morgan fingerprint density at radius 2 is 2.06 bits per heavy atom. The standard InChI is InChI=1S/C12H17F2NOS/c1-9(15-7-8-17-2)10-5-3-4-6-11(10)16-12(13)14/h3-6,9,12,15H,7-8H2,1-2H3. The zero-order chi connectivity index (χ0) is 12.7. The summed E-state index contributed by atoms with van der Waals surface area (Å²) in [7, 11) is 0. The number of alkyl halides is 2. The Morgan fingerprint density at radius 3 is 2.71 bits per heavy atom. The van der Waals surface area contributed by atoms with Gasteiger partial charge in [0.1, 0.15) is 5.75 Å². The number of para-hydroxylation sites is 1. The third kappa shape index (κ3) is 4.91. The molecule has 0 bridgehead atoms. The highest BCUT2D eigenvalue weighted by Gasteiger charge is 2.13. The summed E-state index contributed by atoms with van der Waals surface area (Å²) in [6.07, 6.45) is 2.03. The minimum Gasteiger partial charge on any atom is -0.434 e. The molecule has 0 saturated carbocycles. The van der Waals surface area contributed by atoms with Gasteiger partial charge in [0.05, 0.1) is 0 Å². The van der Waals surface area contributed by atoms with Crippen molar-refractivity contribution in [3.05, 3.63) is 29.8 Å². The van der Waals surface area contributed by atoms with E-state index in [4.69, 9.17) is 0 Å². The molecule has 5 heteroatoms. The normalized spacial score (nSPS) is 12.8. The number of halogens is 2. The molecular formula is C12H17F2NOS. The van der Waals surface area contributed by atoms with Crippen LogP contribution in [0.25, 0.3) is 0 Å². The van der Waals surface area contributed by atoms with E-state index in [1.807, 2.05) is 19.2 Å². The monoisotopic (exact) mass is 261 g/mol. The molecular weight excluding hydrogens is 244 g/mol. The average Bonchev–Trinajstić information content (AvgIpc) is 2.29. The molecule has 96 valence electrons. The SMILES string of the molecule is CSCCNC(C)c1ccccc1OC(F)F. The Balaban J connectivity index is 2.67. The van der Waals surface area contributed by atoms with Crippen LogP contribution < -0.4 is 10.1 Å². The largest absolute Gasteiger partial charge is 0.434 e. The van der Waals surface area contributed by atoms with Crippen LogP contribution in [0.1, 0.15) is 18.5 Å². The second kappa shape index (κ2) is 7.50. The molecule has 1 aromatic carbocycles. The number of rotatable bonds is 7. The quantitative estimate of drug-likeness (QED) is 0.761. The maximum Gasteiger partial charge on any atom is 0.387 e. The summed E-state index contributed by atoms with van der Waals surface area (Å²) in [4.78, 5) is 0. The minimum atomic E-state index is -2.78. The molecule has 0 aromatic heterocycles. The lowest BCUT2D eigenvalue weighted by Gasteiger charge is -2.17. The highest BCUT2D eigenvalue weighted by molar-refractivity contribution is 7.98. The lowest BCUT2D eigenvalue weighted by molar-refractivity contribution is -0.0506. The Kier molecular flexibility index (Phi) is 6.29. The summed E-state index contributed by atoms with van der Waals surface area (Å²) in [5.41, 5.74) is 0.758. The Hall–Kier alpha value is -0.810. The smallest absolute Gasteiger partial charge is 0.387 e. The van der Waals surface area contributed by atoms with E-state index in [0.717, 1.165) is 17.9 Å². The molecule has 2 nitrogen and oxygen atoms in total. The molecule has 1 atom stereocenters. The molecule has 0 aliphatic heterocycles. The molecule has 0 radical (unpaired) electrons. The van der Waals surface area contributed by atoms with Gasteiger partial charge in [-0.3, -0.25) is 0 Å². The molecule has 1 aromatic rings. The zero-order valence-electron chi connectivity index (χ0n) is 9.95. The van der Waals surface area contributed by atoms with E-state index in [2.05, 4.69) is 10.1 Å². The Bertz CT molecular complexity index is 336. The van der Waals surface area contributed by atoms with Crippen molar-refractivity contribution in [3.63, 3.8) is 0 Å². The predicted octanol–water partition coefficient (Wildman–Crippen LogP) is 3.30. The maximum atomic E-state index is 12.2. The van der Waals surface area contributed by atoms with E-state index < -0.39 is 6.61 Å². The Labute approximate surface area is 105 Å². The van der Waals surface area contributed by atoms with Gasteiger partial charge in [-0.1, -0.05) is 18.2 Å². The van der Waals surface area contributed by atoms with Gasteiger partial charge >= 0.3 is 6.61 Å². The van der Waals surface area contributed by atoms with Crippen molar-refractivity contribution in [1.82, 2.24) is 5.32 Å². The molecule has 0 aliphatic carbocycles. The van der Waals surface area contributed by atoms with Crippen molar-refractivity contribution >= 4 is 11.8 Å².